The van der Waals surface area contributed by atoms with Crippen LogP contribution in [0.25, 0.3) is 5.65 Å². The number of nitrogens with one attached hydrogen (secondary N) is 1. The topological polar surface area (TPSA) is 63.5 Å². The number of carbonyl (C=O) groups is 1. The summed E-state index contributed by atoms with van der Waals surface area (Å²) in [6, 6.07) is 12.6. The van der Waals surface area contributed by atoms with Crippen molar-refractivity contribution in [3.05, 3.63) is 74.3 Å². The third-order valence-corrected chi connectivity index (χ3v) is 3.61. The maximum atomic E-state index is 12.3. The van der Waals surface area contributed by atoms with E-state index in [0.29, 0.717) is 11.3 Å². The van der Waals surface area contributed by atoms with Crippen molar-refractivity contribution in [2.75, 3.05) is 5.32 Å². The molecule has 5 nitrogen and oxygen atoms in total. The number of carbonyl (C=O) groups excluding carboxylic acids is 1. The molecule has 0 radical (unpaired) electrons. The standard InChI is InChI=1S/C15H10IN3O2/c16-10-4-3-5-11(8-10)18-14(20)12-9-17-13-6-1-2-7-19(13)15(12)21/h1-9H,(H,18,20). The minimum atomic E-state index is -0.465. The molecule has 0 unspecified atom stereocenters. The highest BCUT2D eigenvalue weighted by atomic mass is 127. The molecule has 1 aromatic carbocycles. The number of amides is 1. The Morgan fingerprint density at radius 3 is 2.86 bits per heavy atom. The molecule has 0 saturated carbocycles. The monoisotopic (exact) mass is 391 g/mol. The van der Waals surface area contributed by atoms with Crippen LogP contribution in [0, 0.1) is 3.57 Å². The molecule has 2 aromatic heterocycles. The van der Waals surface area contributed by atoms with Crippen LogP contribution in [-0.2, 0) is 0 Å². The fraction of sp³-hybridized carbons (Fsp3) is 0. The van der Waals surface area contributed by atoms with Crippen LogP contribution in [0.1, 0.15) is 10.4 Å². The van der Waals surface area contributed by atoms with Crippen LogP contribution in [0.2, 0.25) is 0 Å². The number of benzene rings is 1. The van der Waals surface area contributed by atoms with Gasteiger partial charge in [0.05, 0.1) is 0 Å². The van der Waals surface area contributed by atoms with E-state index in [2.05, 4.69) is 32.9 Å². The Kier molecular flexibility index (Phi) is 3.70. The van der Waals surface area contributed by atoms with Crippen molar-refractivity contribution in [2.45, 2.75) is 0 Å². The van der Waals surface area contributed by atoms with Gasteiger partial charge in [0.15, 0.2) is 0 Å². The van der Waals surface area contributed by atoms with Gasteiger partial charge in [-0.1, -0.05) is 12.1 Å². The molecule has 104 valence electrons. The number of halogens is 1. The van der Waals surface area contributed by atoms with Gasteiger partial charge in [-0.25, -0.2) is 4.98 Å². The lowest BCUT2D eigenvalue weighted by atomic mass is 10.2. The van der Waals surface area contributed by atoms with Gasteiger partial charge < -0.3 is 5.32 Å². The largest absolute Gasteiger partial charge is 0.322 e. The second-order valence-corrected chi connectivity index (χ2v) is 5.62. The number of nitrogens with zero attached hydrogens (tertiary/aromatic N) is 2. The third kappa shape index (κ3) is 2.80. The average Bonchev–Trinajstić information content (AvgIpc) is 2.48. The number of hydrogen-bond donors (Lipinski definition) is 1. The highest BCUT2D eigenvalue weighted by Gasteiger charge is 2.13. The van der Waals surface area contributed by atoms with E-state index in [4.69, 9.17) is 0 Å². The molecule has 3 aromatic rings. The fourth-order valence-electron chi connectivity index (χ4n) is 1.95. The highest BCUT2D eigenvalue weighted by Crippen LogP contribution is 2.13. The summed E-state index contributed by atoms with van der Waals surface area (Å²) in [5.41, 5.74) is 0.777. The van der Waals surface area contributed by atoms with E-state index in [0.717, 1.165) is 3.57 Å². The quantitative estimate of drug-likeness (QED) is 0.684. The molecular weight excluding hydrogens is 381 g/mol. The molecule has 2 heterocycles. The average molecular weight is 391 g/mol. The molecule has 1 amide bonds. The number of rotatable bonds is 2. The van der Waals surface area contributed by atoms with Crippen molar-refractivity contribution in [1.29, 1.82) is 0 Å². The molecule has 0 aliphatic rings. The van der Waals surface area contributed by atoms with Gasteiger partial charge in [0.25, 0.3) is 11.5 Å². The van der Waals surface area contributed by atoms with Crippen molar-refractivity contribution in [3.8, 4) is 0 Å². The first-order valence-electron chi connectivity index (χ1n) is 6.18. The second-order valence-electron chi connectivity index (χ2n) is 4.37. The van der Waals surface area contributed by atoms with Crippen molar-refractivity contribution in [3.63, 3.8) is 0 Å². The van der Waals surface area contributed by atoms with Gasteiger partial charge in [-0.3, -0.25) is 14.0 Å². The Morgan fingerprint density at radius 1 is 1.19 bits per heavy atom. The molecule has 0 aliphatic carbocycles. The normalized spacial score (nSPS) is 10.5. The van der Waals surface area contributed by atoms with E-state index in [1.807, 2.05) is 18.2 Å². The molecule has 1 N–H and O–H groups in total. The number of aromatic nitrogens is 2. The van der Waals surface area contributed by atoms with Gasteiger partial charge in [-0.05, 0) is 52.9 Å². The van der Waals surface area contributed by atoms with E-state index in [1.54, 1.807) is 30.5 Å². The zero-order chi connectivity index (χ0) is 14.8. The van der Waals surface area contributed by atoms with E-state index in [-0.39, 0.29) is 11.1 Å². The van der Waals surface area contributed by atoms with E-state index in [9.17, 15) is 9.59 Å². The summed E-state index contributed by atoms with van der Waals surface area (Å²) in [6.45, 7) is 0. The first kappa shape index (κ1) is 13.7. The van der Waals surface area contributed by atoms with Crippen LogP contribution in [0.4, 0.5) is 5.69 Å². The zero-order valence-corrected chi connectivity index (χ0v) is 12.9. The minimum absolute atomic E-state index is 0.0116. The van der Waals surface area contributed by atoms with Crippen LogP contribution >= 0.6 is 22.6 Å². The first-order chi connectivity index (χ1) is 10.1. The fourth-order valence-corrected chi connectivity index (χ4v) is 2.49. The Labute approximate surface area is 133 Å². The van der Waals surface area contributed by atoms with Crippen LogP contribution in [-0.4, -0.2) is 15.3 Å². The number of fused-ring (bicyclic) bond motifs is 1. The Bertz CT molecular complexity index is 889. The van der Waals surface area contributed by atoms with E-state index >= 15 is 0 Å². The van der Waals surface area contributed by atoms with Crippen molar-refractivity contribution >= 4 is 39.8 Å². The summed E-state index contributed by atoms with van der Waals surface area (Å²) in [6.07, 6.45) is 2.90. The Hall–Kier alpha value is -2.22. The Balaban J connectivity index is 1.99. The third-order valence-electron chi connectivity index (χ3n) is 2.94. The highest BCUT2D eigenvalue weighted by molar-refractivity contribution is 14.1. The van der Waals surface area contributed by atoms with Crippen molar-refractivity contribution in [1.82, 2.24) is 9.38 Å². The molecular formula is C15H10IN3O2. The van der Waals surface area contributed by atoms with E-state index < -0.39 is 5.91 Å². The first-order valence-corrected chi connectivity index (χ1v) is 7.26. The van der Waals surface area contributed by atoms with Gasteiger partial charge in [0.2, 0.25) is 0 Å². The summed E-state index contributed by atoms with van der Waals surface area (Å²) < 4.78 is 2.35. The predicted octanol–water partition coefficient (Wildman–Crippen LogP) is 2.55. The lowest BCUT2D eigenvalue weighted by molar-refractivity contribution is 0.102. The molecule has 0 aliphatic heterocycles. The van der Waals surface area contributed by atoms with Gasteiger partial charge in [-0.15, -0.1) is 0 Å². The molecule has 0 fully saturated rings. The summed E-state index contributed by atoms with van der Waals surface area (Å²) >= 11 is 2.16. The summed E-state index contributed by atoms with van der Waals surface area (Å²) in [5.74, 6) is -0.465. The second kappa shape index (κ2) is 5.65. The molecule has 0 atom stereocenters. The van der Waals surface area contributed by atoms with Crippen LogP contribution in [0.5, 0.6) is 0 Å². The Morgan fingerprint density at radius 2 is 2.05 bits per heavy atom. The SMILES string of the molecule is O=C(Nc1cccc(I)c1)c1cnc2ccccn2c1=O. The molecule has 0 bridgehead atoms. The van der Waals surface area contributed by atoms with Crippen LogP contribution < -0.4 is 10.9 Å². The molecule has 0 spiro atoms. The van der Waals surface area contributed by atoms with Gasteiger partial charge in [0.1, 0.15) is 11.2 Å². The molecule has 0 saturated heterocycles. The van der Waals surface area contributed by atoms with Crippen molar-refractivity contribution < 1.29 is 4.79 Å². The van der Waals surface area contributed by atoms with E-state index in [1.165, 1.54) is 10.6 Å². The smallest absolute Gasteiger partial charge is 0.270 e. The van der Waals surface area contributed by atoms with Crippen LogP contribution in [0.3, 0.4) is 0 Å². The molecule has 3 rings (SSSR count). The number of hydrogen-bond acceptors (Lipinski definition) is 3. The predicted molar refractivity (Wildman–Crippen MR) is 88.6 cm³/mol. The van der Waals surface area contributed by atoms with Gasteiger partial charge in [0, 0.05) is 21.7 Å². The summed E-state index contributed by atoms with van der Waals surface area (Å²) in [4.78, 5) is 28.6. The lowest BCUT2D eigenvalue weighted by Crippen LogP contribution is -2.26. The minimum Gasteiger partial charge on any atom is -0.322 e. The summed E-state index contributed by atoms with van der Waals surface area (Å²) in [5, 5.41) is 2.71. The maximum Gasteiger partial charge on any atom is 0.270 e. The summed E-state index contributed by atoms with van der Waals surface area (Å²) in [7, 11) is 0. The van der Waals surface area contributed by atoms with Crippen LogP contribution in [0.15, 0.2) is 59.7 Å². The molecule has 6 heteroatoms. The van der Waals surface area contributed by atoms with Crippen molar-refractivity contribution in [2.24, 2.45) is 0 Å². The number of pyridine rings is 1. The number of anilines is 1. The van der Waals surface area contributed by atoms with Gasteiger partial charge >= 0.3 is 0 Å². The maximum absolute atomic E-state index is 12.3. The lowest BCUT2D eigenvalue weighted by Gasteiger charge is -2.06. The zero-order valence-electron chi connectivity index (χ0n) is 10.8. The molecule has 21 heavy (non-hydrogen) atoms. The van der Waals surface area contributed by atoms with Gasteiger partial charge in [-0.2, -0.15) is 0 Å².